The van der Waals surface area contributed by atoms with Gasteiger partial charge < -0.3 is 10.1 Å². The maximum absolute atomic E-state index is 5.78. The van der Waals surface area contributed by atoms with Crippen LogP contribution in [0.25, 0.3) is 0 Å². The maximum Gasteiger partial charge on any atom is 0.119 e. The number of rotatable bonds is 4. The van der Waals surface area contributed by atoms with E-state index in [2.05, 4.69) is 43.4 Å². The molecule has 0 radical (unpaired) electrons. The van der Waals surface area contributed by atoms with Crippen LogP contribution in [0.5, 0.6) is 5.75 Å². The van der Waals surface area contributed by atoms with Crippen molar-refractivity contribution in [2.24, 2.45) is 5.92 Å². The number of benzene rings is 1. The summed E-state index contributed by atoms with van der Waals surface area (Å²) in [6.07, 6.45) is 1.24. The zero-order chi connectivity index (χ0) is 11.4. The van der Waals surface area contributed by atoms with E-state index in [4.69, 9.17) is 4.74 Å². The summed E-state index contributed by atoms with van der Waals surface area (Å²) in [6.45, 7) is 7.50. The highest BCUT2D eigenvalue weighted by Gasteiger charge is 2.14. The molecule has 1 aromatic carbocycles. The summed E-state index contributed by atoms with van der Waals surface area (Å²) in [7, 11) is 0. The van der Waals surface area contributed by atoms with Crippen LogP contribution in [0.1, 0.15) is 31.7 Å². The summed E-state index contributed by atoms with van der Waals surface area (Å²) in [5, 5.41) is 3.35. The van der Waals surface area contributed by atoms with Gasteiger partial charge in [-0.3, -0.25) is 0 Å². The molecule has 0 aliphatic carbocycles. The van der Waals surface area contributed by atoms with Crippen molar-refractivity contribution in [3.8, 4) is 5.75 Å². The van der Waals surface area contributed by atoms with Crippen LogP contribution in [0.3, 0.4) is 0 Å². The van der Waals surface area contributed by atoms with Crippen molar-refractivity contribution in [3.05, 3.63) is 29.8 Å². The Morgan fingerprint density at radius 3 is 2.62 bits per heavy atom. The maximum atomic E-state index is 5.78. The minimum Gasteiger partial charge on any atom is -0.493 e. The summed E-state index contributed by atoms with van der Waals surface area (Å²) in [5.74, 6) is 2.27. The molecule has 1 atom stereocenters. The lowest BCUT2D eigenvalue weighted by Crippen LogP contribution is -2.15. The molecule has 2 rings (SSSR count). The van der Waals surface area contributed by atoms with Gasteiger partial charge in [-0.25, -0.2) is 0 Å². The SMILES string of the molecule is CC(C)c1ccc(OCC2CCNC2)cc1. The number of hydrogen-bond donors (Lipinski definition) is 1. The molecule has 0 bridgehead atoms. The van der Waals surface area contributed by atoms with E-state index in [1.54, 1.807) is 0 Å². The largest absolute Gasteiger partial charge is 0.493 e. The minimum atomic E-state index is 0.591. The Bertz CT molecular complexity index is 312. The predicted octanol–water partition coefficient (Wildman–Crippen LogP) is 2.80. The third-order valence-corrected chi connectivity index (χ3v) is 3.19. The van der Waals surface area contributed by atoms with Gasteiger partial charge in [0.15, 0.2) is 0 Å². The van der Waals surface area contributed by atoms with Crippen molar-refractivity contribution in [2.75, 3.05) is 19.7 Å². The molecular formula is C14H21NO. The summed E-state index contributed by atoms with van der Waals surface area (Å²) >= 11 is 0. The van der Waals surface area contributed by atoms with E-state index in [-0.39, 0.29) is 0 Å². The Labute approximate surface area is 98.0 Å². The summed E-state index contributed by atoms with van der Waals surface area (Å²) in [5.41, 5.74) is 1.37. The van der Waals surface area contributed by atoms with Crippen molar-refractivity contribution in [3.63, 3.8) is 0 Å². The van der Waals surface area contributed by atoms with Crippen LogP contribution in [0, 0.1) is 5.92 Å². The van der Waals surface area contributed by atoms with Crippen LogP contribution in [0.2, 0.25) is 0 Å². The number of ether oxygens (including phenoxy) is 1. The van der Waals surface area contributed by atoms with Gasteiger partial charge in [-0.15, -0.1) is 0 Å². The Balaban J connectivity index is 1.84. The zero-order valence-electron chi connectivity index (χ0n) is 10.2. The van der Waals surface area contributed by atoms with Crippen molar-refractivity contribution >= 4 is 0 Å². The molecule has 0 aromatic heterocycles. The van der Waals surface area contributed by atoms with Crippen LogP contribution in [0.4, 0.5) is 0 Å². The fourth-order valence-corrected chi connectivity index (χ4v) is 2.02. The highest BCUT2D eigenvalue weighted by Crippen LogP contribution is 2.19. The molecule has 1 unspecified atom stereocenters. The van der Waals surface area contributed by atoms with Crippen LogP contribution < -0.4 is 10.1 Å². The molecule has 0 amide bonds. The van der Waals surface area contributed by atoms with Gasteiger partial charge in [0.1, 0.15) is 5.75 Å². The standard InChI is InChI=1S/C14H21NO/c1-11(2)13-3-5-14(6-4-13)16-10-12-7-8-15-9-12/h3-6,11-12,15H,7-10H2,1-2H3. The van der Waals surface area contributed by atoms with Gasteiger partial charge in [-0.1, -0.05) is 26.0 Å². The molecule has 1 fully saturated rings. The smallest absolute Gasteiger partial charge is 0.119 e. The minimum absolute atomic E-state index is 0.591. The number of hydrogen-bond acceptors (Lipinski definition) is 2. The fraction of sp³-hybridized carbons (Fsp3) is 0.571. The van der Waals surface area contributed by atoms with Gasteiger partial charge in [0.05, 0.1) is 6.61 Å². The average Bonchev–Trinajstić information content (AvgIpc) is 2.80. The summed E-state index contributed by atoms with van der Waals surface area (Å²) in [6, 6.07) is 8.48. The molecule has 1 N–H and O–H groups in total. The molecule has 1 aliphatic heterocycles. The molecule has 88 valence electrons. The van der Waals surface area contributed by atoms with E-state index in [9.17, 15) is 0 Å². The first-order valence-electron chi connectivity index (χ1n) is 6.19. The molecule has 1 heterocycles. The van der Waals surface area contributed by atoms with Crippen LogP contribution >= 0.6 is 0 Å². The first-order valence-corrected chi connectivity index (χ1v) is 6.19. The van der Waals surface area contributed by atoms with Gasteiger partial charge in [0, 0.05) is 12.5 Å². The lowest BCUT2D eigenvalue weighted by atomic mass is 10.0. The topological polar surface area (TPSA) is 21.3 Å². The summed E-state index contributed by atoms with van der Waals surface area (Å²) < 4.78 is 5.78. The van der Waals surface area contributed by atoms with E-state index in [0.717, 1.165) is 25.4 Å². The van der Waals surface area contributed by atoms with E-state index >= 15 is 0 Å². The van der Waals surface area contributed by atoms with Crippen molar-refractivity contribution < 1.29 is 4.74 Å². The van der Waals surface area contributed by atoms with E-state index in [1.807, 2.05) is 0 Å². The van der Waals surface area contributed by atoms with Crippen molar-refractivity contribution in [1.29, 1.82) is 0 Å². The van der Waals surface area contributed by atoms with Crippen LogP contribution in [-0.2, 0) is 0 Å². The molecule has 2 nitrogen and oxygen atoms in total. The van der Waals surface area contributed by atoms with Crippen LogP contribution in [-0.4, -0.2) is 19.7 Å². The molecule has 1 saturated heterocycles. The van der Waals surface area contributed by atoms with Crippen molar-refractivity contribution in [2.45, 2.75) is 26.2 Å². The first kappa shape index (κ1) is 11.5. The van der Waals surface area contributed by atoms with E-state index < -0.39 is 0 Å². The Morgan fingerprint density at radius 2 is 2.06 bits per heavy atom. The second kappa shape index (κ2) is 5.35. The quantitative estimate of drug-likeness (QED) is 0.840. The average molecular weight is 219 g/mol. The number of nitrogens with one attached hydrogen (secondary N) is 1. The molecule has 16 heavy (non-hydrogen) atoms. The molecule has 0 saturated carbocycles. The fourth-order valence-electron chi connectivity index (χ4n) is 2.02. The van der Waals surface area contributed by atoms with Gasteiger partial charge >= 0.3 is 0 Å². The third-order valence-electron chi connectivity index (χ3n) is 3.19. The lowest BCUT2D eigenvalue weighted by molar-refractivity contribution is 0.260. The van der Waals surface area contributed by atoms with Gasteiger partial charge in [-0.2, -0.15) is 0 Å². The normalized spacial score (nSPS) is 20.3. The lowest BCUT2D eigenvalue weighted by Gasteiger charge is -2.12. The molecule has 1 aromatic rings. The second-order valence-corrected chi connectivity index (χ2v) is 4.89. The first-order chi connectivity index (χ1) is 7.75. The van der Waals surface area contributed by atoms with Crippen LogP contribution in [0.15, 0.2) is 24.3 Å². The third kappa shape index (κ3) is 2.99. The van der Waals surface area contributed by atoms with Gasteiger partial charge in [0.2, 0.25) is 0 Å². The monoisotopic (exact) mass is 219 g/mol. The van der Waals surface area contributed by atoms with Gasteiger partial charge in [-0.05, 0) is 36.6 Å². The molecular weight excluding hydrogens is 198 g/mol. The predicted molar refractivity (Wildman–Crippen MR) is 67.0 cm³/mol. The molecule has 2 heteroatoms. The zero-order valence-corrected chi connectivity index (χ0v) is 10.2. The van der Waals surface area contributed by atoms with Gasteiger partial charge in [0.25, 0.3) is 0 Å². The molecule has 1 aliphatic rings. The van der Waals surface area contributed by atoms with E-state index in [1.165, 1.54) is 12.0 Å². The summed E-state index contributed by atoms with van der Waals surface area (Å²) in [4.78, 5) is 0. The van der Waals surface area contributed by atoms with Crippen molar-refractivity contribution in [1.82, 2.24) is 5.32 Å². The Morgan fingerprint density at radius 1 is 1.31 bits per heavy atom. The van der Waals surface area contributed by atoms with E-state index in [0.29, 0.717) is 11.8 Å². The highest BCUT2D eigenvalue weighted by atomic mass is 16.5. The highest BCUT2D eigenvalue weighted by molar-refractivity contribution is 5.28. The Kier molecular flexibility index (Phi) is 3.83. The Hall–Kier alpha value is -1.02. The molecule has 0 spiro atoms. The second-order valence-electron chi connectivity index (χ2n) is 4.89.